The molecule has 0 radical (unpaired) electrons. The number of benzene rings is 3. The molecule has 2 unspecified atom stereocenters. The lowest BCUT2D eigenvalue weighted by Gasteiger charge is -2.29. The summed E-state index contributed by atoms with van der Waals surface area (Å²) in [4.78, 5) is 29.4. The predicted molar refractivity (Wildman–Crippen MR) is 172 cm³/mol. The molecule has 4 atom stereocenters. The van der Waals surface area contributed by atoms with Crippen LogP contribution in [0.5, 0.6) is 5.75 Å². The Bertz CT molecular complexity index is 1720. The van der Waals surface area contributed by atoms with Gasteiger partial charge in [-0.25, -0.2) is 4.39 Å². The molecular formula is C34H36ClFN4O6. The summed E-state index contributed by atoms with van der Waals surface area (Å²) in [6.07, 6.45) is 0.799. The van der Waals surface area contributed by atoms with Crippen molar-refractivity contribution in [2.75, 3.05) is 39.7 Å². The van der Waals surface area contributed by atoms with Gasteiger partial charge in [0.25, 0.3) is 11.8 Å². The van der Waals surface area contributed by atoms with Gasteiger partial charge in [-0.15, -0.1) is 0 Å². The number of carbonyl (C=O) groups excluding carboxylic acids is 2. The Labute approximate surface area is 271 Å². The van der Waals surface area contributed by atoms with Crippen molar-refractivity contribution >= 4 is 29.1 Å². The van der Waals surface area contributed by atoms with Crippen molar-refractivity contribution in [2.45, 2.75) is 44.5 Å². The SMILES string of the molecule is COc1cc(-c2cccc(-c3cccc(NC(=O)C4=CN(C)C5OC5N(C)C4=O)c3C)c2Cl)cc(F)c1CN[C@@H]1COCC[C@H]1O. The minimum Gasteiger partial charge on any atom is -0.496 e. The summed E-state index contributed by atoms with van der Waals surface area (Å²) in [5, 5.41) is 16.7. The number of amides is 2. The van der Waals surface area contributed by atoms with Crippen LogP contribution in [0.3, 0.4) is 0 Å². The molecule has 0 spiro atoms. The van der Waals surface area contributed by atoms with E-state index in [2.05, 4.69) is 10.6 Å². The highest BCUT2D eigenvalue weighted by Gasteiger charge is 2.50. The molecule has 0 saturated carbocycles. The summed E-state index contributed by atoms with van der Waals surface area (Å²) < 4.78 is 32.1. The maximum absolute atomic E-state index is 15.6. The normalized spacial score (nSPS) is 22.6. The number of likely N-dealkylation sites (N-methyl/N-ethyl adjacent to an activating group) is 2. The fourth-order valence-corrected chi connectivity index (χ4v) is 6.30. The van der Waals surface area contributed by atoms with Crippen molar-refractivity contribution < 1.29 is 33.3 Å². The molecule has 3 heterocycles. The Hall–Kier alpha value is -4.00. The molecule has 0 bridgehead atoms. The van der Waals surface area contributed by atoms with Crippen molar-refractivity contribution in [1.82, 2.24) is 15.1 Å². The molecule has 3 aliphatic heterocycles. The first-order chi connectivity index (χ1) is 22.1. The number of hydrogen-bond acceptors (Lipinski definition) is 8. The molecule has 12 heteroatoms. The van der Waals surface area contributed by atoms with Gasteiger partial charge in [0, 0.05) is 55.8 Å². The largest absolute Gasteiger partial charge is 0.496 e. The summed E-state index contributed by atoms with van der Waals surface area (Å²) in [5.41, 5.74) is 4.17. The number of rotatable bonds is 8. The van der Waals surface area contributed by atoms with Gasteiger partial charge in [-0.2, -0.15) is 0 Å². The average Bonchev–Trinajstić information content (AvgIpc) is 3.86. The van der Waals surface area contributed by atoms with Crippen molar-refractivity contribution in [3.63, 3.8) is 0 Å². The summed E-state index contributed by atoms with van der Waals surface area (Å²) in [6, 6.07) is 13.8. The van der Waals surface area contributed by atoms with E-state index < -0.39 is 23.7 Å². The number of epoxide rings is 1. The number of hydrogen-bond donors (Lipinski definition) is 3. The third-order valence-corrected chi connectivity index (χ3v) is 9.18. The molecule has 3 aromatic carbocycles. The zero-order valence-electron chi connectivity index (χ0n) is 26.0. The summed E-state index contributed by atoms with van der Waals surface area (Å²) in [5.74, 6) is -1.09. The quantitative estimate of drug-likeness (QED) is 0.245. The number of aliphatic hydroxyl groups is 1. The van der Waals surface area contributed by atoms with Crippen LogP contribution in [-0.2, 0) is 25.6 Å². The number of fused-ring (bicyclic) bond motifs is 1. The number of aliphatic hydroxyl groups excluding tert-OH is 1. The highest BCUT2D eigenvalue weighted by molar-refractivity contribution is 6.36. The van der Waals surface area contributed by atoms with Crippen LogP contribution in [0.1, 0.15) is 17.5 Å². The van der Waals surface area contributed by atoms with E-state index in [0.717, 1.165) is 11.1 Å². The number of nitrogens with zero attached hydrogens (tertiary/aromatic N) is 2. The van der Waals surface area contributed by atoms with Gasteiger partial charge in [0.2, 0.25) is 0 Å². The maximum Gasteiger partial charge on any atom is 0.262 e. The third kappa shape index (κ3) is 6.08. The highest BCUT2D eigenvalue weighted by Crippen LogP contribution is 2.41. The minimum absolute atomic E-state index is 0.00325. The first-order valence-corrected chi connectivity index (χ1v) is 15.4. The Morgan fingerprint density at radius 3 is 2.63 bits per heavy atom. The van der Waals surface area contributed by atoms with Crippen molar-refractivity contribution in [3.8, 4) is 28.0 Å². The second kappa shape index (κ2) is 13.0. The fraction of sp³-hybridized carbons (Fsp3) is 0.353. The van der Waals surface area contributed by atoms with E-state index in [4.69, 9.17) is 25.8 Å². The van der Waals surface area contributed by atoms with Crippen LogP contribution in [0.25, 0.3) is 22.3 Å². The molecular weight excluding hydrogens is 615 g/mol. The molecule has 10 nitrogen and oxygen atoms in total. The van der Waals surface area contributed by atoms with Gasteiger partial charge in [-0.1, -0.05) is 41.9 Å². The molecule has 2 amide bonds. The summed E-state index contributed by atoms with van der Waals surface area (Å²) >= 11 is 7.00. The summed E-state index contributed by atoms with van der Waals surface area (Å²) in [7, 11) is 4.85. The van der Waals surface area contributed by atoms with E-state index in [1.165, 1.54) is 24.3 Å². The number of nitrogens with one attached hydrogen (secondary N) is 2. The van der Waals surface area contributed by atoms with Crippen LogP contribution in [0.15, 0.2) is 60.3 Å². The van der Waals surface area contributed by atoms with Gasteiger partial charge in [0.1, 0.15) is 17.1 Å². The molecule has 3 N–H and O–H groups in total. The molecule has 0 aromatic heterocycles. The Balaban J connectivity index is 1.26. The van der Waals surface area contributed by atoms with E-state index in [0.29, 0.717) is 58.3 Å². The lowest BCUT2D eigenvalue weighted by Crippen LogP contribution is -2.46. The first-order valence-electron chi connectivity index (χ1n) is 15.0. The van der Waals surface area contributed by atoms with E-state index in [1.807, 2.05) is 25.1 Å². The van der Waals surface area contributed by atoms with Crippen molar-refractivity contribution in [2.24, 2.45) is 0 Å². The van der Waals surface area contributed by atoms with E-state index in [9.17, 15) is 14.7 Å². The van der Waals surface area contributed by atoms with Gasteiger partial charge >= 0.3 is 0 Å². The van der Waals surface area contributed by atoms with E-state index >= 15 is 4.39 Å². The predicted octanol–water partition coefficient (Wildman–Crippen LogP) is 4.28. The second-order valence-corrected chi connectivity index (χ2v) is 12.1. The molecule has 3 aromatic rings. The van der Waals surface area contributed by atoms with Crippen molar-refractivity contribution in [3.05, 3.63) is 82.3 Å². The monoisotopic (exact) mass is 650 g/mol. The number of anilines is 1. The van der Waals surface area contributed by atoms with Gasteiger partial charge in [-0.05, 0) is 48.2 Å². The number of ether oxygens (including phenoxy) is 3. The van der Waals surface area contributed by atoms with Crippen LogP contribution in [0.4, 0.5) is 10.1 Å². The molecule has 2 fully saturated rings. The van der Waals surface area contributed by atoms with Crippen LogP contribution in [0, 0.1) is 12.7 Å². The standard InChI is InChI=1S/C34H36ClFN4O6/c1-18-20(7-6-10-26(18)38-31(42)24-16-39(2)33-34(46-33)40(3)32(24)43)22-9-5-8-21(30(22)35)19-13-25(36)23(29(14-19)44-4)15-37-27-17-45-12-11-28(27)41/h5-10,13-14,16,27-28,33-34,37,41H,11-12,15,17H2,1-4H3,(H,38,42)/t27-,28-,33?,34?/m1/s1. The minimum atomic E-state index is -0.570. The number of methoxy groups -OCH3 is 1. The van der Waals surface area contributed by atoms with Gasteiger partial charge in [-0.3, -0.25) is 9.59 Å². The molecule has 46 heavy (non-hydrogen) atoms. The topological polar surface area (TPSA) is 116 Å². The third-order valence-electron chi connectivity index (χ3n) is 8.77. The molecule has 2 saturated heterocycles. The number of halogens is 2. The Morgan fingerprint density at radius 2 is 1.87 bits per heavy atom. The summed E-state index contributed by atoms with van der Waals surface area (Å²) in [6.45, 7) is 2.85. The Kier molecular flexibility index (Phi) is 9.04. The molecule has 0 aliphatic carbocycles. The highest BCUT2D eigenvalue weighted by atomic mass is 35.5. The molecule has 6 rings (SSSR count). The lowest BCUT2D eigenvalue weighted by molar-refractivity contribution is -0.129. The average molecular weight is 651 g/mol. The van der Waals surface area contributed by atoms with Gasteiger partial charge in [0.15, 0.2) is 12.5 Å². The zero-order valence-corrected chi connectivity index (χ0v) is 26.7. The van der Waals surface area contributed by atoms with Crippen molar-refractivity contribution in [1.29, 1.82) is 0 Å². The van der Waals surface area contributed by atoms with Crippen LogP contribution >= 0.6 is 11.6 Å². The Morgan fingerprint density at radius 1 is 1.13 bits per heavy atom. The van der Waals surface area contributed by atoms with Crippen LogP contribution in [0.2, 0.25) is 5.02 Å². The smallest absolute Gasteiger partial charge is 0.262 e. The van der Waals surface area contributed by atoms with Crippen LogP contribution < -0.4 is 15.4 Å². The second-order valence-electron chi connectivity index (χ2n) is 11.7. The first kappa shape index (κ1) is 32.0. The lowest BCUT2D eigenvalue weighted by atomic mass is 9.94. The van der Waals surface area contributed by atoms with E-state index in [1.54, 1.807) is 43.3 Å². The zero-order chi connectivity index (χ0) is 32.7. The fourth-order valence-electron chi connectivity index (χ4n) is 5.96. The molecule has 3 aliphatic rings. The number of carbonyl (C=O) groups is 2. The van der Waals surface area contributed by atoms with Gasteiger partial charge < -0.3 is 39.8 Å². The molecule has 242 valence electrons. The maximum atomic E-state index is 15.6. The van der Waals surface area contributed by atoms with Crippen LogP contribution in [-0.4, -0.2) is 85.7 Å². The van der Waals surface area contributed by atoms with Gasteiger partial charge in [0.05, 0.1) is 30.9 Å². The van der Waals surface area contributed by atoms with E-state index in [-0.39, 0.29) is 30.6 Å².